The average Bonchev–Trinajstić information content (AvgIpc) is 2.74. The molecule has 166 valence electrons. The molecular formula is C26H52N2. The SMILES string of the molecule is CCCCCCCCCCCCCCCCN(CCN)C12CCC(CC1)CC2. The Morgan fingerprint density at radius 1 is 0.643 bits per heavy atom. The molecule has 0 aromatic rings. The molecule has 3 saturated carbocycles. The highest BCUT2D eigenvalue weighted by Crippen LogP contribution is 2.47. The number of unbranched alkanes of at least 4 members (excludes halogenated alkanes) is 13. The number of hydrogen-bond acceptors (Lipinski definition) is 2. The minimum atomic E-state index is 0.546. The van der Waals surface area contributed by atoms with Gasteiger partial charge in [0.25, 0.3) is 0 Å². The van der Waals surface area contributed by atoms with Gasteiger partial charge in [0, 0.05) is 18.6 Å². The lowest BCUT2D eigenvalue weighted by atomic mass is 9.65. The first-order chi connectivity index (χ1) is 13.8. The van der Waals surface area contributed by atoms with Crippen molar-refractivity contribution in [3.8, 4) is 0 Å². The second-order valence-electron chi connectivity index (χ2n) is 10.1. The Labute approximate surface area is 177 Å². The quantitative estimate of drug-likeness (QED) is 0.245. The molecule has 2 heteroatoms. The van der Waals surface area contributed by atoms with E-state index in [1.54, 1.807) is 0 Å². The number of nitrogens with zero attached hydrogens (tertiary/aromatic N) is 1. The predicted octanol–water partition coefficient (Wildman–Crippen LogP) is 7.45. The van der Waals surface area contributed by atoms with Crippen molar-refractivity contribution in [1.29, 1.82) is 0 Å². The fourth-order valence-electron chi connectivity index (χ4n) is 5.94. The Morgan fingerprint density at radius 3 is 1.50 bits per heavy atom. The monoisotopic (exact) mass is 392 g/mol. The van der Waals surface area contributed by atoms with Gasteiger partial charge in [0.15, 0.2) is 0 Å². The Morgan fingerprint density at radius 2 is 1.07 bits per heavy atom. The van der Waals surface area contributed by atoms with Gasteiger partial charge in [0.05, 0.1) is 0 Å². The molecule has 28 heavy (non-hydrogen) atoms. The first kappa shape index (κ1) is 24.2. The number of fused-ring (bicyclic) bond motifs is 3. The lowest BCUT2D eigenvalue weighted by Gasteiger charge is -2.53. The number of nitrogens with two attached hydrogens (primary N) is 1. The second-order valence-corrected chi connectivity index (χ2v) is 10.1. The molecule has 0 aromatic heterocycles. The molecule has 0 aromatic carbocycles. The molecule has 0 amide bonds. The first-order valence-electron chi connectivity index (χ1n) is 13.3. The van der Waals surface area contributed by atoms with E-state index >= 15 is 0 Å². The van der Waals surface area contributed by atoms with E-state index in [2.05, 4.69) is 11.8 Å². The molecule has 2 N–H and O–H groups in total. The maximum atomic E-state index is 5.97. The molecule has 0 saturated heterocycles. The highest BCUT2D eigenvalue weighted by molar-refractivity contribution is 4.99. The van der Waals surface area contributed by atoms with Gasteiger partial charge in [-0.1, -0.05) is 90.4 Å². The van der Waals surface area contributed by atoms with Crippen molar-refractivity contribution in [1.82, 2.24) is 4.90 Å². The zero-order chi connectivity index (χ0) is 19.9. The van der Waals surface area contributed by atoms with Crippen molar-refractivity contribution in [2.45, 2.75) is 141 Å². The van der Waals surface area contributed by atoms with Crippen LogP contribution in [0.15, 0.2) is 0 Å². The largest absolute Gasteiger partial charge is 0.329 e. The summed E-state index contributed by atoms with van der Waals surface area (Å²) in [6.45, 7) is 5.57. The van der Waals surface area contributed by atoms with Gasteiger partial charge in [-0.2, -0.15) is 0 Å². The van der Waals surface area contributed by atoms with Gasteiger partial charge < -0.3 is 5.73 Å². The highest BCUT2D eigenvalue weighted by atomic mass is 15.2. The summed E-state index contributed by atoms with van der Waals surface area (Å²) in [6, 6.07) is 0. The maximum Gasteiger partial charge on any atom is 0.0210 e. The number of hydrogen-bond donors (Lipinski definition) is 1. The highest BCUT2D eigenvalue weighted by Gasteiger charge is 2.43. The average molecular weight is 393 g/mol. The van der Waals surface area contributed by atoms with Gasteiger partial charge in [0.1, 0.15) is 0 Å². The fourth-order valence-corrected chi connectivity index (χ4v) is 5.94. The van der Waals surface area contributed by atoms with Gasteiger partial charge in [-0.25, -0.2) is 0 Å². The van der Waals surface area contributed by atoms with E-state index in [4.69, 9.17) is 5.73 Å². The normalized spacial score (nSPS) is 24.3. The van der Waals surface area contributed by atoms with Crippen LogP contribution in [-0.2, 0) is 0 Å². The summed E-state index contributed by atoms with van der Waals surface area (Å²) in [5.74, 6) is 1.06. The Balaban J connectivity index is 1.43. The van der Waals surface area contributed by atoms with Gasteiger partial charge in [0.2, 0.25) is 0 Å². The summed E-state index contributed by atoms with van der Waals surface area (Å²) in [4.78, 5) is 2.82. The standard InChI is InChI=1S/C26H52N2/c1-2-3-4-5-6-7-8-9-10-11-12-13-14-15-23-28(24-22-27)26-19-16-25(17-20-26)18-21-26/h25H,2-24,27H2,1H3. The van der Waals surface area contributed by atoms with Crippen LogP contribution in [0.5, 0.6) is 0 Å². The van der Waals surface area contributed by atoms with E-state index in [9.17, 15) is 0 Å². The third kappa shape index (κ3) is 8.74. The van der Waals surface area contributed by atoms with Gasteiger partial charge in [-0.05, 0) is 57.4 Å². The van der Waals surface area contributed by atoms with Crippen LogP contribution < -0.4 is 5.73 Å². The van der Waals surface area contributed by atoms with Crippen molar-refractivity contribution < 1.29 is 0 Å². The van der Waals surface area contributed by atoms with Crippen LogP contribution in [0.4, 0.5) is 0 Å². The summed E-state index contributed by atoms with van der Waals surface area (Å²) < 4.78 is 0. The molecule has 0 radical (unpaired) electrons. The molecule has 0 spiro atoms. The summed E-state index contributed by atoms with van der Waals surface area (Å²) in [5, 5.41) is 0. The minimum Gasteiger partial charge on any atom is -0.329 e. The van der Waals surface area contributed by atoms with Crippen LogP contribution in [0.2, 0.25) is 0 Å². The molecule has 3 fully saturated rings. The third-order valence-electron chi connectivity index (χ3n) is 7.91. The summed E-state index contributed by atoms with van der Waals surface area (Å²) >= 11 is 0. The van der Waals surface area contributed by atoms with Crippen molar-refractivity contribution in [3.05, 3.63) is 0 Å². The topological polar surface area (TPSA) is 29.3 Å². The van der Waals surface area contributed by atoms with Crippen molar-refractivity contribution in [2.24, 2.45) is 11.7 Å². The summed E-state index contributed by atoms with van der Waals surface area (Å²) in [6.07, 6.45) is 29.1. The van der Waals surface area contributed by atoms with Gasteiger partial charge in [-0.3, -0.25) is 4.90 Å². The molecule has 3 aliphatic carbocycles. The summed E-state index contributed by atoms with van der Waals surface area (Å²) in [7, 11) is 0. The van der Waals surface area contributed by atoms with Crippen LogP contribution in [0.3, 0.4) is 0 Å². The van der Waals surface area contributed by atoms with E-state index in [1.165, 1.54) is 135 Å². The molecule has 3 rings (SSSR count). The smallest absolute Gasteiger partial charge is 0.0210 e. The maximum absolute atomic E-state index is 5.97. The van der Waals surface area contributed by atoms with Crippen molar-refractivity contribution >= 4 is 0 Å². The number of rotatable bonds is 18. The predicted molar refractivity (Wildman–Crippen MR) is 125 cm³/mol. The molecule has 2 bridgehead atoms. The molecule has 0 unspecified atom stereocenters. The molecular weight excluding hydrogens is 340 g/mol. The Bertz CT molecular complexity index is 346. The Kier molecular flexibility index (Phi) is 12.8. The zero-order valence-electron chi connectivity index (χ0n) is 19.4. The molecule has 0 atom stereocenters. The van der Waals surface area contributed by atoms with E-state index in [1.807, 2.05) is 0 Å². The Hall–Kier alpha value is -0.0800. The molecule has 0 aliphatic heterocycles. The van der Waals surface area contributed by atoms with Crippen LogP contribution in [0, 0.1) is 5.92 Å². The second kappa shape index (κ2) is 14.8. The van der Waals surface area contributed by atoms with E-state index < -0.39 is 0 Å². The van der Waals surface area contributed by atoms with Crippen LogP contribution in [0.25, 0.3) is 0 Å². The molecule has 2 nitrogen and oxygen atoms in total. The van der Waals surface area contributed by atoms with E-state index in [0.29, 0.717) is 5.54 Å². The van der Waals surface area contributed by atoms with E-state index in [-0.39, 0.29) is 0 Å². The van der Waals surface area contributed by atoms with E-state index in [0.717, 1.165) is 19.0 Å². The lowest BCUT2D eigenvalue weighted by molar-refractivity contribution is -0.0107. The molecule has 0 heterocycles. The minimum absolute atomic E-state index is 0.546. The first-order valence-corrected chi connectivity index (χ1v) is 13.3. The van der Waals surface area contributed by atoms with Crippen LogP contribution in [0.1, 0.15) is 135 Å². The molecule has 3 aliphatic rings. The third-order valence-corrected chi connectivity index (χ3v) is 7.91. The van der Waals surface area contributed by atoms with Crippen molar-refractivity contribution in [3.63, 3.8) is 0 Å². The van der Waals surface area contributed by atoms with Crippen LogP contribution >= 0.6 is 0 Å². The van der Waals surface area contributed by atoms with Crippen LogP contribution in [-0.4, -0.2) is 30.1 Å². The summed E-state index contributed by atoms with van der Waals surface area (Å²) in [5.41, 5.74) is 6.52. The lowest BCUT2D eigenvalue weighted by Crippen LogP contribution is -2.55. The van der Waals surface area contributed by atoms with Gasteiger partial charge in [-0.15, -0.1) is 0 Å². The zero-order valence-corrected chi connectivity index (χ0v) is 19.4. The van der Waals surface area contributed by atoms with Crippen molar-refractivity contribution in [2.75, 3.05) is 19.6 Å². The van der Waals surface area contributed by atoms with Gasteiger partial charge >= 0.3 is 0 Å². The fraction of sp³-hybridized carbons (Fsp3) is 1.00.